The second kappa shape index (κ2) is 7.63. The van der Waals surface area contributed by atoms with E-state index in [4.69, 9.17) is 10.5 Å². The average Bonchev–Trinajstić information content (AvgIpc) is 2.51. The monoisotopic (exact) mass is 335 g/mol. The molecule has 0 unspecified atom stereocenters. The Morgan fingerprint density at radius 2 is 2.17 bits per heavy atom. The molecule has 1 aromatic rings. The zero-order chi connectivity index (χ0) is 17.7. The fourth-order valence-electron chi connectivity index (χ4n) is 3.06. The van der Waals surface area contributed by atoms with Crippen molar-refractivity contribution >= 4 is 11.8 Å². The van der Waals surface area contributed by atoms with Gasteiger partial charge in [0.25, 0.3) is 11.8 Å². The van der Waals surface area contributed by atoms with Gasteiger partial charge in [0.1, 0.15) is 5.75 Å². The van der Waals surface area contributed by atoms with Gasteiger partial charge in [-0.15, -0.1) is 0 Å². The summed E-state index contributed by atoms with van der Waals surface area (Å²) in [6, 6.07) is 6.64. The zero-order valence-electron chi connectivity index (χ0n) is 14.2. The van der Waals surface area contributed by atoms with Crippen LogP contribution in [0.25, 0.3) is 0 Å². The summed E-state index contributed by atoms with van der Waals surface area (Å²) in [5.74, 6) is -0.312. The number of nitrogens with zero attached hydrogens (tertiary/aromatic N) is 2. The number of aliphatic hydroxyl groups is 1. The number of carbonyl (C=O) groups excluding carboxylic acids is 2. The molecule has 0 saturated carbocycles. The number of amides is 2. The first-order chi connectivity index (χ1) is 11.3. The molecule has 1 aromatic carbocycles. The molecular formula is C17H25N3O4. The summed E-state index contributed by atoms with van der Waals surface area (Å²) in [6.45, 7) is 1.19. The van der Waals surface area contributed by atoms with Crippen LogP contribution in [0.1, 0.15) is 23.2 Å². The molecule has 1 aliphatic heterocycles. The molecule has 7 nitrogen and oxygen atoms in total. The highest BCUT2D eigenvalue weighted by atomic mass is 16.5. The van der Waals surface area contributed by atoms with E-state index in [0.29, 0.717) is 37.4 Å². The molecule has 0 radical (unpaired) electrons. The van der Waals surface area contributed by atoms with Crippen LogP contribution in [-0.2, 0) is 4.79 Å². The highest BCUT2D eigenvalue weighted by Crippen LogP contribution is 2.24. The third-order valence-electron chi connectivity index (χ3n) is 3.92. The first-order valence-electron chi connectivity index (χ1n) is 7.97. The minimum absolute atomic E-state index is 0.156. The summed E-state index contributed by atoms with van der Waals surface area (Å²) in [7, 11) is 3.80. The summed E-state index contributed by atoms with van der Waals surface area (Å²) >= 11 is 0. The smallest absolute Gasteiger partial charge is 0.255 e. The van der Waals surface area contributed by atoms with Crippen molar-refractivity contribution in [3.63, 3.8) is 0 Å². The molecule has 132 valence electrons. The fourth-order valence-corrected chi connectivity index (χ4v) is 3.06. The van der Waals surface area contributed by atoms with Crippen molar-refractivity contribution in [2.45, 2.75) is 18.4 Å². The molecule has 0 bridgehead atoms. The number of hydrogen-bond acceptors (Lipinski definition) is 5. The van der Waals surface area contributed by atoms with Gasteiger partial charge >= 0.3 is 0 Å². The largest absolute Gasteiger partial charge is 0.484 e. The molecule has 0 aliphatic carbocycles. The Balaban J connectivity index is 2.07. The lowest BCUT2D eigenvalue weighted by Crippen LogP contribution is -2.54. The maximum Gasteiger partial charge on any atom is 0.255 e. The Morgan fingerprint density at radius 3 is 2.83 bits per heavy atom. The van der Waals surface area contributed by atoms with E-state index in [1.54, 1.807) is 29.2 Å². The quantitative estimate of drug-likeness (QED) is 0.767. The van der Waals surface area contributed by atoms with E-state index in [9.17, 15) is 14.7 Å². The topological polar surface area (TPSA) is 96.1 Å². The van der Waals surface area contributed by atoms with Crippen LogP contribution in [0.5, 0.6) is 5.75 Å². The zero-order valence-corrected chi connectivity index (χ0v) is 14.2. The number of hydrogen-bond donors (Lipinski definition) is 2. The normalized spacial score (nSPS) is 20.9. The van der Waals surface area contributed by atoms with Crippen LogP contribution in [0.3, 0.4) is 0 Å². The molecule has 2 amide bonds. The van der Waals surface area contributed by atoms with E-state index in [1.165, 1.54) is 0 Å². The van der Waals surface area contributed by atoms with Crippen LogP contribution in [-0.4, -0.2) is 72.7 Å². The summed E-state index contributed by atoms with van der Waals surface area (Å²) in [5, 5.41) is 10.7. The highest BCUT2D eigenvalue weighted by Gasteiger charge is 2.35. The Hall–Kier alpha value is -2.12. The van der Waals surface area contributed by atoms with Crippen molar-refractivity contribution in [3.05, 3.63) is 29.8 Å². The number of carbonyl (C=O) groups is 2. The van der Waals surface area contributed by atoms with Crippen LogP contribution in [0, 0.1) is 0 Å². The van der Waals surface area contributed by atoms with Crippen molar-refractivity contribution in [1.82, 2.24) is 9.80 Å². The second-order valence-corrected chi connectivity index (χ2v) is 6.58. The van der Waals surface area contributed by atoms with Gasteiger partial charge in [-0.1, -0.05) is 6.07 Å². The molecule has 7 heteroatoms. The van der Waals surface area contributed by atoms with Crippen molar-refractivity contribution < 1.29 is 19.4 Å². The summed E-state index contributed by atoms with van der Waals surface area (Å²) in [5.41, 5.74) is 4.63. The summed E-state index contributed by atoms with van der Waals surface area (Å²) < 4.78 is 5.24. The first kappa shape index (κ1) is 18.2. The molecule has 0 spiro atoms. The van der Waals surface area contributed by atoms with Gasteiger partial charge in [-0.2, -0.15) is 0 Å². The Labute approximate surface area is 142 Å². The maximum atomic E-state index is 12.7. The lowest BCUT2D eigenvalue weighted by Gasteiger charge is -2.40. The molecule has 1 fully saturated rings. The van der Waals surface area contributed by atoms with Crippen LogP contribution in [0.4, 0.5) is 0 Å². The summed E-state index contributed by atoms with van der Waals surface area (Å²) in [4.78, 5) is 27.1. The molecule has 1 atom stereocenters. The van der Waals surface area contributed by atoms with E-state index in [-0.39, 0.29) is 12.5 Å². The molecule has 3 N–H and O–H groups in total. The fraction of sp³-hybridized carbons (Fsp3) is 0.529. The molecule has 0 aromatic heterocycles. The molecule has 1 aliphatic rings. The van der Waals surface area contributed by atoms with Gasteiger partial charge in [0.2, 0.25) is 0 Å². The standard InChI is InChI=1S/C17H25N3O4/c1-19(2)11-17(23)7-4-8-20(12-17)16(22)13-5-3-6-14(9-13)24-10-15(18)21/h3,5-6,9,23H,4,7-8,10-12H2,1-2H3,(H2,18,21)/t17-/m0/s1. The number of benzene rings is 1. The summed E-state index contributed by atoms with van der Waals surface area (Å²) in [6.07, 6.45) is 1.44. The number of likely N-dealkylation sites (tertiary alicyclic amines) is 1. The van der Waals surface area contributed by atoms with E-state index < -0.39 is 11.5 Å². The number of piperidine rings is 1. The number of primary amides is 1. The van der Waals surface area contributed by atoms with E-state index >= 15 is 0 Å². The van der Waals surface area contributed by atoms with Crippen LogP contribution < -0.4 is 10.5 Å². The second-order valence-electron chi connectivity index (χ2n) is 6.58. The number of β-amino-alcohol motifs (C(OH)–C–C–N with tert-alkyl or cyclic N) is 1. The third-order valence-corrected chi connectivity index (χ3v) is 3.92. The number of nitrogens with two attached hydrogens (primary N) is 1. The van der Waals surface area contributed by atoms with Gasteiger partial charge in [-0.3, -0.25) is 9.59 Å². The predicted molar refractivity (Wildman–Crippen MR) is 89.8 cm³/mol. The molecular weight excluding hydrogens is 310 g/mol. The van der Waals surface area contributed by atoms with E-state index in [2.05, 4.69) is 0 Å². The number of rotatable bonds is 6. The van der Waals surface area contributed by atoms with Crippen molar-refractivity contribution in [1.29, 1.82) is 0 Å². The van der Waals surface area contributed by atoms with E-state index in [1.807, 2.05) is 19.0 Å². The van der Waals surface area contributed by atoms with Gasteiger partial charge in [0.05, 0.1) is 12.1 Å². The van der Waals surface area contributed by atoms with Gasteiger partial charge in [0, 0.05) is 18.7 Å². The minimum Gasteiger partial charge on any atom is -0.484 e. The molecule has 1 heterocycles. The Bertz CT molecular complexity index is 605. The Morgan fingerprint density at radius 1 is 1.42 bits per heavy atom. The van der Waals surface area contributed by atoms with Crippen molar-refractivity contribution in [3.8, 4) is 5.75 Å². The first-order valence-corrected chi connectivity index (χ1v) is 7.97. The maximum absolute atomic E-state index is 12.7. The number of ether oxygens (including phenoxy) is 1. The van der Waals surface area contributed by atoms with Crippen LogP contribution in [0.15, 0.2) is 24.3 Å². The van der Waals surface area contributed by atoms with Crippen LogP contribution >= 0.6 is 0 Å². The van der Waals surface area contributed by atoms with Gasteiger partial charge in [-0.25, -0.2) is 0 Å². The van der Waals surface area contributed by atoms with Crippen molar-refractivity contribution in [2.75, 3.05) is 40.3 Å². The lowest BCUT2D eigenvalue weighted by molar-refractivity contribution is -0.119. The highest BCUT2D eigenvalue weighted by molar-refractivity contribution is 5.94. The third kappa shape index (κ3) is 4.94. The lowest BCUT2D eigenvalue weighted by atomic mass is 9.92. The minimum atomic E-state index is -0.891. The SMILES string of the molecule is CN(C)C[C@@]1(O)CCCN(C(=O)c2cccc(OCC(N)=O)c2)C1. The van der Waals surface area contributed by atoms with Crippen LogP contribution in [0.2, 0.25) is 0 Å². The molecule has 2 rings (SSSR count). The molecule has 24 heavy (non-hydrogen) atoms. The van der Waals surface area contributed by atoms with Gasteiger partial charge in [0.15, 0.2) is 6.61 Å². The van der Waals surface area contributed by atoms with E-state index in [0.717, 1.165) is 6.42 Å². The average molecular weight is 335 g/mol. The van der Waals surface area contributed by atoms with Crippen molar-refractivity contribution in [2.24, 2.45) is 5.73 Å². The predicted octanol–water partition coefficient (Wildman–Crippen LogP) is 0.0794. The van der Waals surface area contributed by atoms with Gasteiger partial charge < -0.3 is 25.4 Å². The number of likely N-dealkylation sites (N-methyl/N-ethyl adjacent to an activating group) is 1. The Kier molecular flexibility index (Phi) is 5.80. The van der Waals surface area contributed by atoms with Gasteiger partial charge in [-0.05, 0) is 45.1 Å². The molecule has 1 saturated heterocycles.